The van der Waals surface area contributed by atoms with E-state index in [4.69, 9.17) is 0 Å². The van der Waals surface area contributed by atoms with Gasteiger partial charge in [-0.15, -0.1) is 0 Å². The molecule has 1 saturated heterocycles. The second kappa shape index (κ2) is 9.36. The van der Waals surface area contributed by atoms with Crippen molar-refractivity contribution in [1.29, 1.82) is 10.5 Å². The van der Waals surface area contributed by atoms with E-state index in [2.05, 4.69) is 17.1 Å². The molecule has 1 unspecified atom stereocenters. The van der Waals surface area contributed by atoms with Gasteiger partial charge >= 0.3 is 0 Å². The van der Waals surface area contributed by atoms with Gasteiger partial charge in [-0.2, -0.15) is 10.5 Å². The number of benzene rings is 1. The molecular weight excluding hydrogens is 384 g/mol. The topological polar surface area (TPSA) is 97.8 Å². The quantitative estimate of drug-likeness (QED) is 0.536. The van der Waals surface area contributed by atoms with Gasteiger partial charge in [0.05, 0.1) is 16.4 Å². The highest BCUT2D eigenvalue weighted by Crippen LogP contribution is 2.38. The molecule has 0 spiro atoms. The maximum absolute atomic E-state index is 11.8. The molecule has 1 atom stereocenters. The van der Waals surface area contributed by atoms with Crippen LogP contribution in [0.15, 0.2) is 35.4 Å². The molecule has 1 aromatic carbocycles. The van der Waals surface area contributed by atoms with Crippen LogP contribution in [0.25, 0.3) is 0 Å². The summed E-state index contributed by atoms with van der Waals surface area (Å²) in [5, 5.41) is 19.5. The van der Waals surface area contributed by atoms with Crippen LogP contribution in [0.4, 0.5) is 5.82 Å². The predicted molar refractivity (Wildman–Crippen MR) is 111 cm³/mol. The van der Waals surface area contributed by atoms with Crippen LogP contribution in [0, 0.1) is 22.7 Å². The number of carbonyl (C=O) groups is 2. The van der Waals surface area contributed by atoms with Crippen molar-refractivity contribution >= 4 is 29.6 Å². The van der Waals surface area contributed by atoms with Gasteiger partial charge in [-0.25, -0.2) is 4.98 Å². The largest absolute Gasteiger partial charge is 0.355 e. The number of pyridine rings is 1. The Bertz CT molecular complexity index is 998. The first-order valence-electron chi connectivity index (χ1n) is 9.43. The number of carbonyl (C=O) groups excluding carboxylic acids is 2. The molecule has 1 aliphatic rings. The van der Waals surface area contributed by atoms with Crippen LogP contribution in [0.2, 0.25) is 0 Å². The monoisotopic (exact) mass is 404 g/mol. The van der Waals surface area contributed by atoms with Gasteiger partial charge in [-0.1, -0.05) is 49.0 Å². The highest BCUT2D eigenvalue weighted by Gasteiger charge is 2.27. The molecule has 1 aromatic heterocycles. The summed E-state index contributed by atoms with van der Waals surface area (Å²) in [6.07, 6.45) is 2.17. The molecule has 0 bridgehead atoms. The normalized spacial score (nSPS) is 14.7. The standard InChI is InChI=1S/C22H20N4O2S/c1-2-17-18(12-23)21(26-10-8-16(28)9-11-26)25-22(19(17)13-24)29-20(14-27)15-6-4-3-5-7-15/h3-7,14,20H,2,8-11H2,1H3. The summed E-state index contributed by atoms with van der Waals surface area (Å²) in [6.45, 7) is 2.88. The van der Waals surface area contributed by atoms with Gasteiger partial charge in [0.25, 0.3) is 0 Å². The molecule has 29 heavy (non-hydrogen) atoms. The number of thioether (sulfide) groups is 1. The van der Waals surface area contributed by atoms with E-state index in [9.17, 15) is 20.1 Å². The molecule has 6 nitrogen and oxygen atoms in total. The zero-order valence-electron chi connectivity index (χ0n) is 16.1. The van der Waals surface area contributed by atoms with Gasteiger partial charge in [0.2, 0.25) is 0 Å². The first kappa shape index (κ1) is 20.6. The summed E-state index contributed by atoms with van der Waals surface area (Å²) in [5.74, 6) is 0.694. The fourth-order valence-corrected chi connectivity index (χ4v) is 4.42. The Morgan fingerprint density at radius 3 is 2.38 bits per heavy atom. The van der Waals surface area contributed by atoms with Gasteiger partial charge in [0.15, 0.2) is 0 Å². The van der Waals surface area contributed by atoms with Crippen LogP contribution < -0.4 is 4.90 Å². The van der Waals surface area contributed by atoms with Gasteiger partial charge < -0.3 is 9.69 Å². The second-order valence-corrected chi connectivity index (χ2v) is 7.79. The minimum absolute atomic E-state index is 0.198. The second-order valence-electron chi connectivity index (χ2n) is 6.66. The van der Waals surface area contributed by atoms with Crippen molar-refractivity contribution in [1.82, 2.24) is 4.98 Å². The van der Waals surface area contributed by atoms with Gasteiger partial charge in [-0.3, -0.25) is 4.79 Å². The van der Waals surface area contributed by atoms with Gasteiger partial charge in [-0.05, 0) is 17.5 Å². The molecule has 3 rings (SSSR count). The Labute approximate surface area is 174 Å². The number of hydrogen-bond donors (Lipinski definition) is 0. The minimum Gasteiger partial charge on any atom is -0.355 e. The van der Waals surface area contributed by atoms with E-state index in [1.54, 1.807) is 0 Å². The third-order valence-corrected chi connectivity index (χ3v) is 6.09. The van der Waals surface area contributed by atoms with Crippen LogP contribution >= 0.6 is 11.8 Å². The zero-order chi connectivity index (χ0) is 20.8. The Kier molecular flexibility index (Phi) is 6.64. The molecule has 0 N–H and O–H groups in total. The van der Waals surface area contributed by atoms with Crippen LogP contribution in [0.5, 0.6) is 0 Å². The maximum Gasteiger partial charge on any atom is 0.148 e. The number of piperidine rings is 1. The molecule has 7 heteroatoms. The highest BCUT2D eigenvalue weighted by molar-refractivity contribution is 8.00. The number of rotatable bonds is 6. The number of hydrogen-bond acceptors (Lipinski definition) is 7. The Morgan fingerprint density at radius 1 is 1.17 bits per heavy atom. The molecule has 2 aromatic rings. The van der Waals surface area contributed by atoms with Crippen LogP contribution in [-0.2, 0) is 16.0 Å². The van der Waals surface area contributed by atoms with Crippen molar-refractivity contribution in [3.8, 4) is 12.1 Å². The summed E-state index contributed by atoms with van der Waals surface area (Å²) >= 11 is 1.22. The SMILES string of the molecule is CCc1c(C#N)c(SC(C=O)c2ccccc2)nc(N2CCC(=O)CC2)c1C#N. The van der Waals surface area contributed by atoms with Crippen molar-refractivity contribution in [2.24, 2.45) is 0 Å². The zero-order valence-corrected chi connectivity index (χ0v) is 16.9. The van der Waals surface area contributed by atoms with Gasteiger partial charge in [0.1, 0.15) is 35.1 Å². The molecule has 0 saturated carbocycles. The molecule has 2 heterocycles. The first-order valence-corrected chi connectivity index (χ1v) is 10.3. The Morgan fingerprint density at radius 2 is 1.83 bits per heavy atom. The van der Waals surface area contributed by atoms with Crippen molar-refractivity contribution in [3.05, 3.63) is 52.6 Å². The van der Waals surface area contributed by atoms with Crippen LogP contribution in [0.3, 0.4) is 0 Å². The van der Waals surface area contributed by atoms with Crippen molar-refractivity contribution in [2.45, 2.75) is 36.5 Å². The van der Waals surface area contributed by atoms with E-state index in [1.807, 2.05) is 42.2 Å². The minimum atomic E-state index is -0.510. The summed E-state index contributed by atoms with van der Waals surface area (Å²) in [4.78, 5) is 30.0. The number of ketones is 1. The summed E-state index contributed by atoms with van der Waals surface area (Å²) in [5.41, 5.74) is 2.18. The van der Waals surface area contributed by atoms with Gasteiger partial charge in [0, 0.05) is 25.9 Å². The lowest BCUT2D eigenvalue weighted by Gasteiger charge is -2.29. The lowest BCUT2D eigenvalue weighted by Crippen LogP contribution is -2.35. The predicted octanol–water partition coefficient (Wildman–Crippen LogP) is 3.59. The van der Waals surface area contributed by atoms with E-state index in [0.29, 0.717) is 59.9 Å². The molecule has 146 valence electrons. The smallest absolute Gasteiger partial charge is 0.148 e. The van der Waals surface area contributed by atoms with E-state index in [1.165, 1.54) is 11.8 Å². The van der Waals surface area contributed by atoms with Crippen LogP contribution in [-0.4, -0.2) is 30.1 Å². The number of Topliss-reactive ketones (excluding diaryl/α,β-unsaturated/α-hetero) is 1. The molecule has 1 aliphatic heterocycles. The number of aromatic nitrogens is 1. The van der Waals surface area contributed by atoms with Crippen molar-refractivity contribution in [3.63, 3.8) is 0 Å². The highest BCUT2D eigenvalue weighted by atomic mass is 32.2. The first-order chi connectivity index (χ1) is 14.1. The lowest BCUT2D eigenvalue weighted by atomic mass is 10.0. The van der Waals surface area contributed by atoms with Crippen molar-refractivity contribution < 1.29 is 9.59 Å². The third kappa shape index (κ3) is 4.31. The molecule has 0 radical (unpaired) electrons. The lowest BCUT2D eigenvalue weighted by molar-refractivity contribution is -0.119. The molecule has 0 aliphatic carbocycles. The molecule has 0 amide bonds. The summed E-state index contributed by atoms with van der Waals surface area (Å²) in [6, 6.07) is 13.7. The average Bonchev–Trinajstić information content (AvgIpc) is 2.77. The number of nitriles is 2. The maximum atomic E-state index is 11.8. The average molecular weight is 404 g/mol. The number of aldehydes is 1. The molecule has 1 fully saturated rings. The molecular formula is C22H20N4O2S. The van der Waals surface area contributed by atoms with E-state index < -0.39 is 5.25 Å². The Balaban J connectivity index is 2.09. The fraction of sp³-hybridized carbons (Fsp3) is 0.318. The van der Waals surface area contributed by atoms with Crippen molar-refractivity contribution in [2.75, 3.05) is 18.0 Å². The Hall–Kier alpha value is -3.16. The van der Waals surface area contributed by atoms with Crippen LogP contribution in [0.1, 0.15) is 47.3 Å². The van der Waals surface area contributed by atoms with E-state index >= 15 is 0 Å². The third-order valence-electron chi connectivity index (χ3n) is 4.94. The summed E-state index contributed by atoms with van der Waals surface area (Å²) in [7, 11) is 0. The van der Waals surface area contributed by atoms with E-state index in [-0.39, 0.29) is 5.78 Å². The number of nitrogens with zero attached hydrogens (tertiary/aromatic N) is 4. The van der Waals surface area contributed by atoms with E-state index in [0.717, 1.165) is 11.8 Å². The fourth-order valence-electron chi connectivity index (χ4n) is 3.40. The summed E-state index contributed by atoms with van der Waals surface area (Å²) < 4.78 is 0. The number of anilines is 1.